The second kappa shape index (κ2) is 4.78. The Bertz CT molecular complexity index is 342. The van der Waals surface area contributed by atoms with Gasteiger partial charge in [-0.25, -0.2) is 5.84 Å². The Balaban J connectivity index is 3.11. The zero-order valence-corrected chi connectivity index (χ0v) is 8.85. The van der Waals surface area contributed by atoms with Gasteiger partial charge in [-0.15, -0.1) is 0 Å². The van der Waals surface area contributed by atoms with Crippen LogP contribution in [0.4, 0.5) is 0 Å². The van der Waals surface area contributed by atoms with Crippen molar-refractivity contribution < 1.29 is 9.47 Å². The number of benzene rings is 1. The molecule has 0 amide bonds. The zero-order valence-electron chi connectivity index (χ0n) is 8.03. The van der Waals surface area contributed by atoms with E-state index in [-0.39, 0.29) is 0 Å². The van der Waals surface area contributed by atoms with Crippen LogP contribution in [0.5, 0.6) is 11.5 Å². The Morgan fingerprint density at radius 2 is 2.07 bits per heavy atom. The van der Waals surface area contributed by atoms with Crippen molar-refractivity contribution in [2.24, 2.45) is 5.84 Å². The fourth-order valence-corrected chi connectivity index (χ4v) is 1.23. The van der Waals surface area contributed by atoms with Gasteiger partial charge in [-0.2, -0.15) is 0 Å². The number of hydrazine groups is 1. The van der Waals surface area contributed by atoms with Crippen molar-refractivity contribution in [2.45, 2.75) is 0 Å². The lowest BCUT2D eigenvalue weighted by Gasteiger charge is -2.10. The summed E-state index contributed by atoms with van der Waals surface area (Å²) in [6.45, 7) is 0. The SMILES string of the molecule is COc1ccc(C(=S)NN)c(OC)c1. The van der Waals surface area contributed by atoms with Crippen LogP contribution in [0.25, 0.3) is 0 Å². The first-order chi connectivity index (χ1) is 6.72. The highest BCUT2D eigenvalue weighted by atomic mass is 32.1. The van der Waals surface area contributed by atoms with Crippen LogP contribution in [0.3, 0.4) is 0 Å². The quantitative estimate of drug-likeness (QED) is 0.442. The highest BCUT2D eigenvalue weighted by Gasteiger charge is 2.08. The summed E-state index contributed by atoms with van der Waals surface area (Å²) >= 11 is 5.00. The first-order valence-corrected chi connectivity index (χ1v) is 4.36. The van der Waals surface area contributed by atoms with Crippen LogP contribution in [0.15, 0.2) is 18.2 Å². The molecule has 0 unspecified atom stereocenters. The molecule has 1 rings (SSSR count). The Morgan fingerprint density at radius 3 is 2.57 bits per heavy atom. The molecule has 0 aliphatic rings. The van der Waals surface area contributed by atoms with E-state index in [2.05, 4.69) is 5.43 Å². The fourth-order valence-electron chi connectivity index (χ4n) is 1.06. The number of methoxy groups -OCH3 is 2. The standard InChI is InChI=1S/C9H12N2O2S/c1-12-6-3-4-7(9(14)11-10)8(5-6)13-2/h3-5H,10H2,1-2H3,(H,11,14). The van der Waals surface area contributed by atoms with E-state index < -0.39 is 0 Å². The summed E-state index contributed by atoms with van der Waals surface area (Å²) in [4.78, 5) is 0.435. The molecule has 0 radical (unpaired) electrons. The van der Waals surface area contributed by atoms with Gasteiger partial charge in [0.1, 0.15) is 16.5 Å². The molecule has 3 N–H and O–H groups in total. The summed E-state index contributed by atoms with van der Waals surface area (Å²) in [5, 5.41) is 0. The van der Waals surface area contributed by atoms with Crippen molar-refractivity contribution in [2.75, 3.05) is 14.2 Å². The van der Waals surface area contributed by atoms with E-state index in [9.17, 15) is 0 Å². The Hall–Kier alpha value is -1.33. The second-order valence-electron chi connectivity index (χ2n) is 2.54. The summed E-state index contributed by atoms with van der Waals surface area (Å²) in [5.74, 6) is 6.57. The Morgan fingerprint density at radius 1 is 1.36 bits per heavy atom. The van der Waals surface area contributed by atoms with Gasteiger partial charge in [0.05, 0.1) is 19.8 Å². The lowest BCUT2D eigenvalue weighted by molar-refractivity contribution is 0.394. The van der Waals surface area contributed by atoms with Gasteiger partial charge in [0.15, 0.2) is 0 Å². The first-order valence-electron chi connectivity index (χ1n) is 3.96. The minimum absolute atomic E-state index is 0.435. The van der Waals surface area contributed by atoms with Crippen LogP contribution in [0.1, 0.15) is 5.56 Å². The average Bonchev–Trinajstić information content (AvgIpc) is 2.27. The van der Waals surface area contributed by atoms with Crippen molar-refractivity contribution in [1.29, 1.82) is 0 Å². The molecule has 0 aliphatic carbocycles. The van der Waals surface area contributed by atoms with Gasteiger partial charge in [-0.3, -0.25) is 0 Å². The van der Waals surface area contributed by atoms with Crippen LogP contribution in [0, 0.1) is 0 Å². The lowest BCUT2D eigenvalue weighted by atomic mass is 10.2. The van der Waals surface area contributed by atoms with Crippen molar-refractivity contribution in [3.63, 3.8) is 0 Å². The van der Waals surface area contributed by atoms with Gasteiger partial charge >= 0.3 is 0 Å². The van der Waals surface area contributed by atoms with Gasteiger partial charge in [-0.1, -0.05) is 12.2 Å². The maximum Gasteiger partial charge on any atom is 0.132 e. The lowest BCUT2D eigenvalue weighted by Crippen LogP contribution is -2.29. The number of ether oxygens (including phenoxy) is 2. The van der Waals surface area contributed by atoms with Crippen molar-refractivity contribution in [3.05, 3.63) is 23.8 Å². The van der Waals surface area contributed by atoms with Gasteiger partial charge in [0.2, 0.25) is 0 Å². The highest BCUT2D eigenvalue weighted by Crippen LogP contribution is 2.24. The molecule has 0 aliphatic heterocycles. The molecule has 0 saturated carbocycles. The van der Waals surface area contributed by atoms with Gasteiger partial charge < -0.3 is 14.9 Å². The molecule has 0 atom stereocenters. The van der Waals surface area contributed by atoms with Gasteiger partial charge in [0, 0.05) is 6.07 Å². The van der Waals surface area contributed by atoms with E-state index >= 15 is 0 Å². The highest BCUT2D eigenvalue weighted by molar-refractivity contribution is 7.80. The monoisotopic (exact) mass is 212 g/mol. The number of thiocarbonyl (C=S) groups is 1. The van der Waals surface area contributed by atoms with Crippen molar-refractivity contribution in [1.82, 2.24) is 5.43 Å². The molecule has 0 bridgehead atoms. The molecule has 0 heterocycles. The topological polar surface area (TPSA) is 56.5 Å². The second-order valence-corrected chi connectivity index (χ2v) is 2.95. The number of hydrogen-bond acceptors (Lipinski definition) is 4. The van der Waals surface area contributed by atoms with Crippen molar-refractivity contribution in [3.8, 4) is 11.5 Å². The summed E-state index contributed by atoms with van der Waals surface area (Å²) < 4.78 is 10.2. The minimum atomic E-state index is 0.435. The third kappa shape index (κ3) is 2.12. The molecule has 14 heavy (non-hydrogen) atoms. The van der Waals surface area contributed by atoms with E-state index in [1.807, 2.05) is 0 Å². The molecule has 4 nitrogen and oxygen atoms in total. The molecular weight excluding hydrogens is 200 g/mol. The van der Waals surface area contributed by atoms with Crippen LogP contribution < -0.4 is 20.7 Å². The number of hydrogen-bond donors (Lipinski definition) is 2. The Labute approximate surface area is 88.0 Å². The average molecular weight is 212 g/mol. The number of nitrogens with two attached hydrogens (primary N) is 1. The predicted octanol–water partition coefficient (Wildman–Crippen LogP) is 0.843. The zero-order chi connectivity index (χ0) is 10.6. The largest absolute Gasteiger partial charge is 0.497 e. The fraction of sp³-hybridized carbons (Fsp3) is 0.222. The molecule has 1 aromatic carbocycles. The number of nitrogens with one attached hydrogen (secondary N) is 1. The van der Waals surface area contributed by atoms with E-state index in [0.29, 0.717) is 16.5 Å². The Kier molecular flexibility index (Phi) is 3.67. The van der Waals surface area contributed by atoms with E-state index in [1.165, 1.54) is 0 Å². The van der Waals surface area contributed by atoms with Crippen molar-refractivity contribution >= 4 is 17.2 Å². The summed E-state index contributed by atoms with van der Waals surface area (Å²) in [7, 11) is 3.16. The maximum absolute atomic E-state index is 5.22. The van der Waals surface area contributed by atoms with Gasteiger partial charge in [-0.05, 0) is 12.1 Å². The molecule has 0 saturated heterocycles. The van der Waals surface area contributed by atoms with E-state index in [0.717, 1.165) is 5.56 Å². The summed E-state index contributed by atoms with van der Waals surface area (Å²) in [5.41, 5.74) is 3.15. The third-order valence-corrected chi connectivity index (χ3v) is 2.12. The molecule has 1 aromatic rings. The van der Waals surface area contributed by atoms with Crippen LogP contribution in [-0.4, -0.2) is 19.2 Å². The van der Waals surface area contributed by atoms with Gasteiger partial charge in [0.25, 0.3) is 0 Å². The summed E-state index contributed by atoms with van der Waals surface area (Å²) in [6.07, 6.45) is 0. The van der Waals surface area contributed by atoms with Crippen LogP contribution in [-0.2, 0) is 0 Å². The van der Waals surface area contributed by atoms with E-state index in [1.54, 1.807) is 32.4 Å². The smallest absolute Gasteiger partial charge is 0.132 e. The molecule has 5 heteroatoms. The third-order valence-electron chi connectivity index (χ3n) is 1.78. The number of rotatable bonds is 3. The molecular formula is C9H12N2O2S. The predicted molar refractivity (Wildman–Crippen MR) is 58.6 cm³/mol. The van der Waals surface area contributed by atoms with E-state index in [4.69, 9.17) is 27.5 Å². The maximum atomic E-state index is 5.22. The molecule has 0 fully saturated rings. The van der Waals surface area contributed by atoms with Crippen LogP contribution >= 0.6 is 12.2 Å². The van der Waals surface area contributed by atoms with Crippen LogP contribution in [0.2, 0.25) is 0 Å². The normalized spacial score (nSPS) is 9.36. The molecule has 76 valence electrons. The summed E-state index contributed by atoms with van der Waals surface area (Å²) in [6, 6.07) is 5.33. The molecule has 0 aromatic heterocycles. The molecule has 0 spiro atoms. The first kappa shape index (κ1) is 10.7. The minimum Gasteiger partial charge on any atom is -0.497 e.